The van der Waals surface area contributed by atoms with Crippen molar-refractivity contribution >= 4 is 5.91 Å². The maximum atomic E-state index is 11.7. The summed E-state index contributed by atoms with van der Waals surface area (Å²) in [5.74, 6) is 2.51. The van der Waals surface area contributed by atoms with Crippen LogP contribution in [0.15, 0.2) is 0 Å². The summed E-state index contributed by atoms with van der Waals surface area (Å²) in [6, 6.07) is 0.0328. The van der Waals surface area contributed by atoms with E-state index in [0.717, 1.165) is 6.54 Å². The summed E-state index contributed by atoms with van der Waals surface area (Å²) >= 11 is 0. The molecule has 0 aliphatic heterocycles. The van der Waals surface area contributed by atoms with E-state index in [0.29, 0.717) is 6.42 Å². The molecule has 0 radical (unpaired) electrons. The number of rotatable bonds is 5. The third kappa shape index (κ3) is 4.29. The third-order valence-electron chi connectivity index (χ3n) is 1.99. The van der Waals surface area contributed by atoms with Gasteiger partial charge in [0.2, 0.25) is 5.91 Å². The van der Waals surface area contributed by atoms with E-state index in [1.165, 1.54) is 0 Å². The highest BCUT2D eigenvalue weighted by atomic mass is 16.2. The van der Waals surface area contributed by atoms with E-state index in [2.05, 4.69) is 16.6 Å². The average Bonchev–Trinajstić information content (AvgIpc) is 2.04. The van der Waals surface area contributed by atoms with Crippen molar-refractivity contribution in [3.05, 3.63) is 0 Å². The monoisotopic (exact) mass is 196 g/mol. The molecule has 3 heteroatoms. The van der Waals surface area contributed by atoms with E-state index in [1.807, 2.05) is 27.7 Å². The molecule has 1 atom stereocenters. The molecule has 0 saturated heterocycles. The molecule has 0 aliphatic carbocycles. The highest BCUT2D eigenvalue weighted by molar-refractivity contribution is 5.85. The number of hydrogen-bond donors (Lipinski definition) is 2. The van der Waals surface area contributed by atoms with Gasteiger partial charge in [0.1, 0.15) is 0 Å². The van der Waals surface area contributed by atoms with Crippen molar-refractivity contribution in [2.24, 2.45) is 0 Å². The first-order chi connectivity index (χ1) is 6.44. The first kappa shape index (κ1) is 13.0. The number of hydrogen-bond acceptors (Lipinski definition) is 2. The van der Waals surface area contributed by atoms with Crippen LogP contribution in [0.3, 0.4) is 0 Å². The number of carbonyl (C=O) groups is 1. The van der Waals surface area contributed by atoms with Crippen molar-refractivity contribution in [1.29, 1.82) is 0 Å². The Hall–Kier alpha value is -1.01. The number of carbonyl (C=O) groups excluding carboxylic acids is 1. The molecule has 80 valence electrons. The Morgan fingerprint density at radius 3 is 2.57 bits per heavy atom. The zero-order valence-electron chi connectivity index (χ0n) is 9.48. The van der Waals surface area contributed by atoms with Gasteiger partial charge in [-0.25, -0.2) is 0 Å². The predicted molar refractivity (Wildman–Crippen MR) is 58.8 cm³/mol. The van der Waals surface area contributed by atoms with Crippen LogP contribution in [-0.4, -0.2) is 24.0 Å². The minimum absolute atomic E-state index is 0.0119. The van der Waals surface area contributed by atoms with E-state index < -0.39 is 5.54 Å². The fourth-order valence-electron chi connectivity index (χ4n) is 1.15. The van der Waals surface area contributed by atoms with Crippen LogP contribution in [0.2, 0.25) is 0 Å². The van der Waals surface area contributed by atoms with Gasteiger partial charge in [-0.3, -0.25) is 4.79 Å². The Kier molecular flexibility index (Phi) is 5.26. The third-order valence-corrected chi connectivity index (χ3v) is 1.99. The molecule has 0 spiro atoms. The lowest BCUT2D eigenvalue weighted by Gasteiger charge is -2.26. The zero-order valence-corrected chi connectivity index (χ0v) is 9.48. The molecule has 0 saturated carbocycles. The van der Waals surface area contributed by atoms with E-state index in [9.17, 15) is 4.79 Å². The molecule has 3 nitrogen and oxygen atoms in total. The lowest BCUT2D eigenvalue weighted by atomic mass is 10.0. The first-order valence-electron chi connectivity index (χ1n) is 4.93. The molecule has 0 heterocycles. The van der Waals surface area contributed by atoms with Crippen LogP contribution in [0.4, 0.5) is 0 Å². The molecule has 0 bridgehead atoms. The zero-order chi connectivity index (χ0) is 11.2. The van der Waals surface area contributed by atoms with E-state index >= 15 is 0 Å². The van der Waals surface area contributed by atoms with Crippen LogP contribution in [-0.2, 0) is 4.79 Å². The fourth-order valence-corrected chi connectivity index (χ4v) is 1.15. The van der Waals surface area contributed by atoms with Crippen LogP contribution < -0.4 is 10.6 Å². The van der Waals surface area contributed by atoms with Gasteiger partial charge in [-0.15, -0.1) is 12.3 Å². The second-order valence-electron chi connectivity index (χ2n) is 3.94. The quantitative estimate of drug-likeness (QED) is 0.642. The van der Waals surface area contributed by atoms with Crippen molar-refractivity contribution in [3.8, 4) is 12.3 Å². The maximum Gasteiger partial charge on any atom is 0.239 e. The molecule has 0 fully saturated rings. The number of amides is 1. The highest BCUT2D eigenvalue weighted by Gasteiger charge is 2.26. The summed E-state index contributed by atoms with van der Waals surface area (Å²) in [5.41, 5.74) is -0.530. The Bertz CT molecular complexity index is 228. The molecule has 1 amide bonds. The van der Waals surface area contributed by atoms with E-state index in [1.54, 1.807) is 0 Å². The topological polar surface area (TPSA) is 41.1 Å². The van der Waals surface area contributed by atoms with Gasteiger partial charge in [0.05, 0.1) is 5.54 Å². The van der Waals surface area contributed by atoms with Gasteiger partial charge in [0, 0.05) is 12.5 Å². The van der Waals surface area contributed by atoms with Gasteiger partial charge >= 0.3 is 0 Å². The summed E-state index contributed by atoms with van der Waals surface area (Å²) < 4.78 is 0. The van der Waals surface area contributed by atoms with Crippen molar-refractivity contribution in [3.63, 3.8) is 0 Å². The molecule has 14 heavy (non-hydrogen) atoms. The smallest absolute Gasteiger partial charge is 0.239 e. The maximum absolute atomic E-state index is 11.7. The number of terminal acetylenes is 1. The summed E-state index contributed by atoms with van der Waals surface area (Å²) in [7, 11) is 0. The molecular formula is C11H20N2O. The Balaban J connectivity index is 4.13. The largest absolute Gasteiger partial charge is 0.351 e. The van der Waals surface area contributed by atoms with Gasteiger partial charge in [-0.1, -0.05) is 6.92 Å². The first-order valence-corrected chi connectivity index (χ1v) is 4.93. The molecule has 0 aromatic rings. The second-order valence-corrected chi connectivity index (χ2v) is 3.94. The molecule has 0 aromatic carbocycles. The van der Waals surface area contributed by atoms with Gasteiger partial charge < -0.3 is 10.6 Å². The Labute approximate surface area is 86.6 Å². The minimum atomic E-state index is -0.530. The van der Waals surface area contributed by atoms with Crippen LogP contribution in [0.1, 0.15) is 34.1 Å². The van der Waals surface area contributed by atoms with Gasteiger partial charge in [-0.05, 0) is 27.3 Å². The lowest BCUT2D eigenvalue weighted by Crippen LogP contribution is -2.54. The van der Waals surface area contributed by atoms with Crippen molar-refractivity contribution < 1.29 is 4.79 Å². The predicted octanol–water partition coefficient (Wildman–Crippen LogP) is 0.902. The number of nitrogens with one attached hydrogen (secondary N) is 2. The Morgan fingerprint density at radius 2 is 2.14 bits per heavy atom. The van der Waals surface area contributed by atoms with Crippen molar-refractivity contribution in [2.75, 3.05) is 6.54 Å². The van der Waals surface area contributed by atoms with Crippen molar-refractivity contribution in [1.82, 2.24) is 10.6 Å². The van der Waals surface area contributed by atoms with Crippen LogP contribution in [0.25, 0.3) is 0 Å². The Morgan fingerprint density at radius 1 is 1.57 bits per heavy atom. The molecule has 0 rings (SSSR count). The van der Waals surface area contributed by atoms with Gasteiger partial charge in [0.25, 0.3) is 0 Å². The minimum Gasteiger partial charge on any atom is -0.351 e. The molecule has 0 aromatic heterocycles. The van der Waals surface area contributed by atoms with Crippen molar-refractivity contribution in [2.45, 2.75) is 45.7 Å². The lowest BCUT2D eigenvalue weighted by molar-refractivity contribution is -0.127. The van der Waals surface area contributed by atoms with E-state index in [-0.39, 0.29) is 11.9 Å². The van der Waals surface area contributed by atoms with Gasteiger partial charge in [-0.2, -0.15) is 0 Å². The summed E-state index contributed by atoms with van der Waals surface area (Å²) in [4.78, 5) is 11.7. The van der Waals surface area contributed by atoms with Crippen LogP contribution in [0.5, 0.6) is 0 Å². The summed E-state index contributed by atoms with van der Waals surface area (Å²) in [6.45, 7) is 8.35. The normalized spacial score (nSPS) is 13.1. The summed E-state index contributed by atoms with van der Waals surface area (Å²) in [6.07, 6.45) is 5.72. The SMILES string of the molecule is C#CCC(C)NC(=O)C(C)(C)NCC. The van der Waals surface area contributed by atoms with Crippen LogP contribution in [0, 0.1) is 12.3 Å². The molecule has 0 aliphatic rings. The highest BCUT2D eigenvalue weighted by Crippen LogP contribution is 2.02. The second kappa shape index (κ2) is 5.66. The average molecular weight is 196 g/mol. The fraction of sp³-hybridized carbons (Fsp3) is 0.727. The summed E-state index contributed by atoms with van der Waals surface area (Å²) in [5, 5.41) is 5.97. The standard InChI is InChI=1S/C11H20N2O/c1-6-8-9(3)13-10(14)11(4,5)12-7-2/h1,9,12H,7-8H2,2-5H3,(H,13,14). The van der Waals surface area contributed by atoms with Gasteiger partial charge in [0.15, 0.2) is 0 Å². The molecule has 2 N–H and O–H groups in total. The van der Waals surface area contributed by atoms with Crippen LogP contribution >= 0.6 is 0 Å². The molecule has 1 unspecified atom stereocenters. The number of likely N-dealkylation sites (N-methyl/N-ethyl adjacent to an activating group) is 1. The molecular weight excluding hydrogens is 176 g/mol. The van der Waals surface area contributed by atoms with E-state index in [4.69, 9.17) is 6.42 Å².